The first-order valence-corrected chi connectivity index (χ1v) is 5.70. The molecule has 0 saturated carbocycles. The number of nitrogens with zero attached hydrogens (tertiary/aromatic N) is 2. The fourth-order valence-corrected chi connectivity index (χ4v) is 2.04. The van der Waals surface area contributed by atoms with Gasteiger partial charge in [-0.1, -0.05) is 30.3 Å². The predicted molar refractivity (Wildman–Crippen MR) is 70.8 cm³/mol. The molecule has 0 fully saturated rings. The fraction of sp³-hybridized carbons (Fsp3) is 0.0714. The lowest BCUT2D eigenvalue weighted by atomic mass is 10.1. The van der Waals surface area contributed by atoms with Crippen molar-refractivity contribution >= 4 is 16.7 Å². The van der Waals surface area contributed by atoms with E-state index >= 15 is 0 Å². The van der Waals surface area contributed by atoms with Crippen LogP contribution in [0.3, 0.4) is 0 Å². The number of hydrogen-bond donors (Lipinski definition) is 1. The van der Waals surface area contributed by atoms with Crippen molar-refractivity contribution in [2.24, 2.45) is 5.18 Å². The standard InChI is InChI=1S/C14H11N3O/c18-17-13-9-16-14-12(13)7-11(8-15-14)6-10-4-2-1-3-5-10/h1-5,7-9H,6H2,(H,15,16). The van der Waals surface area contributed by atoms with Crippen LogP contribution in [0.15, 0.2) is 54.0 Å². The zero-order valence-electron chi connectivity index (χ0n) is 9.63. The van der Waals surface area contributed by atoms with Crippen molar-refractivity contribution in [1.82, 2.24) is 9.97 Å². The van der Waals surface area contributed by atoms with Crippen LogP contribution < -0.4 is 0 Å². The molecule has 4 nitrogen and oxygen atoms in total. The molecule has 0 aliphatic heterocycles. The number of rotatable bonds is 3. The summed E-state index contributed by atoms with van der Waals surface area (Å²) in [5.41, 5.74) is 3.39. The Hall–Kier alpha value is -2.49. The molecule has 2 aromatic heterocycles. The van der Waals surface area contributed by atoms with E-state index in [4.69, 9.17) is 0 Å². The molecule has 1 N–H and O–H groups in total. The first kappa shape index (κ1) is 10.7. The van der Waals surface area contributed by atoms with Crippen LogP contribution in [0.1, 0.15) is 11.1 Å². The highest BCUT2D eigenvalue weighted by Crippen LogP contribution is 2.25. The number of aromatic amines is 1. The molecule has 0 bridgehead atoms. The Bertz CT molecular complexity index is 689. The van der Waals surface area contributed by atoms with E-state index in [-0.39, 0.29) is 0 Å². The van der Waals surface area contributed by atoms with E-state index in [1.54, 1.807) is 6.20 Å². The number of nitrogens with one attached hydrogen (secondary N) is 1. The largest absolute Gasteiger partial charge is 0.344 e. The number of H-pyrrole nitrogens is 1. The van der Waals surface area contributed by atoms with Gasteiger partial charge in [-0.05, 0) is 28.8 Å². The Labute approximate surface area is 104 Å². The van der Waals surface area contributed by atoms with Crippen LogP contribution in [-0.2, 0) is 6.42 Å². The lowest BCUT2D eigenvalue weighted by Crippen LogP contribution is -1.89. The molecular formula is C14H11N3O. The molecule has 2 heterocycles. The minimum atomic E-state index is 0.410. The monoisotopic (exact) mass is 237 g/mol. The van der Waals surface area contributed by atoms with E-state index in [2.05, 4.69) is 27.3 Å². The Balaban J connectivity index is 2.00. The molecule has 1 aromatic carbocycles. The Morgan fingerprint density at radius 3 is 2.78 bits per heavy atom. The summed E-state index contributed by atoms with van der Waals surface area (Å²) in [5.74, 6) is 0. The number of nitroso groups, excluding NO2 is 1. The maximum absolute atomic E-state index is 10.7. The zero-order chi connectivity index (χ0) is 12.4. The quantitative estimate of drug-likeness (QED) is 0.708. The Morgan fingerprint density at radius 2 is 2.00 bits per heavy atom. The zero-order valence-corrected chi connectivity index (χ0v) is 9.63. The highest BCUT2D eigenvalue weighted by molar-refractivity contribution is 5.88. The highest BCUT2D eigenvalue weighted by atomic mass is 16.3. The molecule has 0 atom stereocenters. The maximum Gasteiger partial charge on any atom is 0.139 e. The highest BCUT2D eigenvalue weighted by Gasteiger charge is 2.06. The van der Waals surface area contributed by atoms with E-state index in [0.29, 0.717) is 11.3 Å². The summed E-state index contributed by atoms with van der Waals surface area (Å²) in [6.07, 6.45) is 4.20. The number of benzene rings is 1. The number of pyridine rings is 1. The van der Waals surface area contributed by atoms with Crippen molar-refractivity contribution in [1.29, 1.82) is 0 Å². The topological polar surface area (TPSA) is 58.1 Å². The van der Waals surface area contributed by atoms with Crippen LogP contribution in [-0.4, -0.2) is 9.97 Å². The average Bonchev–Trinajstić information content (AvgIpc) is 2.82. The van der Waals surface area contributed by atoms with Gasteiger partial charge in [-0.2, -0.15) is 0 Å². The van der Waals surface area contributed by atoms with Gasteiger partial charge in [0.2, 0.25) is 0 Å². The molecule has 0 aliphatic carbocycles. The first-order valence-electron chi connectivity index (χ1n) is 5.70. The van der Waals surface area contributed by atoms with Gasteiger partial charge in [-0.25, -0.2) is 4.98 Å². The van der Waals surface area contributed by atoms with Gasteiger partial charge >= 0.3 is 0 Å². The summed E-state index contributed by atoms with van der Waals surface area (Å²) in [6, 6.07) is 12.1. The lowest BCUT2D eigenvalue weighted by molar-refractivity contribution is 1.16. The smallest absolute Gasteiger partial charge is 0.139 e. The SMILES string of the molecule is O=Nc1c[nH]c2ncc(Cc3ccccc3)cc12. The molecule has 18 heavy (non-hydrogen) atoms. The second-order valence-corrected chi connectivity index (χ2v) is 4.17. The maximum atomic E-state index is 10.7. The minimum absolute atomic E-state index is 0.410. The van der Waals surface area contributed by atoms with Gasteiger partial charge in [0, 0.05) is 17.8 Å². The van der Waals surface area contributed by atoms with E-state index < -0.39 is 0 Å². The molecule has 0 radical (unpaired) electrons. The molecule has 3 rings (SSSR count). The van der Waals surface area contributed by atoms with Crippen LogP contribution in [0.4, 0.5) is 5.69 Å². The van der Waals surface area contributed by atoms with Crippen molar-refractivity contribution in [2.45, 2.75) is 6.42 Å². The molecule has 0 saturated heterocycles. The Kier molecular flexibility index (Phi) is 2.61. The van der Waals surface area contributed by atoms with Crippen molar-refractivity contribution < 1.29 is 0 Å². The molecule has 0 unspecified atom stereocenters. The third kappa shape index (κ3) is 1.88. The first-order chi connectivity index (χ1) is 8.86. The van der Waals surface area contributed by atoms with E-state index in [1.165, 1.54) is 5.56 Å². The normalized spacial score (nSPS) is 10.7. The second kappa shape index (κ2) is 4.41. The van der Waals surface area contributed by atoms with Gasteiger partial charge in [0.15, 0.2) is 0 Å². The molecule has 0 spiro atoms. The Morgan fingerprint density at radius 1 is 1.17 bits per heavy atom. The summed E-state index contributed by atoms with van der Waals surface area (Å²) in [7, 11) is 0. The van der Waals surface area contributed by atoms with Crippen LogP contribution in [0.5, 0.6) is 0 Å². The third-order valence-corrected chi connectivity index (χ3v) is 2.92. The van der Waals surface area contributed by atoms with Crippen molar-refractivity contribution in [2.75, 3.05) is 0 Å². The van der Waals surface area contributed by atoms with Crippen LogP contribution in [0.25, 0.3) is 11.0 Å². The fourth-order valence-electron chi connectivity index (χ4n) is 2.04. The third-order valence-electron chi connectivity index (χ3n) is 2.92. The molecule has 88 valence electrons. The minimum Gasteiger partial charge on any atom is -0.344 e. The van der Waals surface area contributed by atoms with E-state index in [0.717, 1.165) is 17.4 Å². The van der Waals surface area contributed by atoms with Crippen molar-refractivity contribution in [3.05, 3.63) is 64.8 Å². The van der Waals surface area contributed by atoms with Crippen LogP contribution in [0, 0.1) is 4.91 Å². The van der Waals surface area contributed by atoms with Gasteiger partial charge in [-0.15, -0.1) is 4.91 Å². The summed E-state index contributed by atoms with van der Waals surface area (Å²) >= 11 is 0. The molecule has 4 heteroatoms. The summed E-state index contributed by atoms with van der Waals surface area (Å²) in [4.78, 5) is 17.9. The molecule has 3 aromatic rings. The second-order valence-electron chi connectivity index (χ2n) is 4.17. The molecule has 0 amide bonds. The number of aromatic nitrogens is 2. The summed E-state index contributed by atoms with van der Waals surface area (Å²) < 4.78 is 0. The van der Waals surface area contributed by atoms with Gasteiger partial charge < -0.3 is 4.98 Å². The van der Waals surface area contributed by atoms with Gasteiger partial charge in [0.05, 0.1) is 0 Å². The number of hydrogen-bond acceptors (Lipinski definition) is 3. The molecular weight excluding hydrogens is 226 g/mol. The van der Waals surface area contributed by atoms with Crippen LogP contribution >= 0.6 is 0 Å². The summed E-state index contributed by atoms with van der Waals surface area (Å²) in [6.45, 7) is 0. The van der Waals surface area contributed by atoms with Crippen molar-refractivity contribution in [3.63, 3.8) is 0 Å². The number of fused-ring (bicyclic) bond motifs is 1. The van der Waals surface area contributed by atoms with Gasteiger partial charge in [0.25, 0.3) is 0 Å². The van der Waals surface area contributed by atoms with E-state index in [1.807, 2.05) is 30.5 Å². The van der Waals surface area contributed by atoms with Crippen molar-refractivity contribution in [3.8, 4) is 0 Å². The lowest BCUT2D eigenvalue weighted by Gasteiger charge is -2.01. The van der Waals surface area contributed by atoms with Gasteiger partial charge in [0.1, 0.15) is 11.3 Å². The molecule has 0 aliphatic rings. The van der Waals surface area contributed by atoms with E-state index in [9.17, 15) is 4.91 Å². The average molecular weight is 237 g/mol. The summed E-state index contributed by atoms with van der Waals surface area (Å²) in [5, 5.41) is 3.76. The predicted octanol–water partition coefficient (Wildman–Crippen LogP) is 3.55. The van der Waals surface area contributed by atoms with Gasteiger partial charge in [-0.3, -0.25) is 0 Å². The van der Waals surface area contributed by atoms with Crippen LogP contribution in [0.2, 0.25) is 0 Å².